The molecular formula is C47H34N2O. The molecule has 50 heavy (non-hydrogen) atoms. The summed E-state index contributed by atoms with van der Waals surface area (Å²) < 4.78 is 6.69. The summed E-state index contributed by atoms with van der Waals surface area (Å²) in [7, 11) is 0. The number of benzene rings is 7. The first-order valence-corrected chi connectivity index (χ1v) is 17.1. The van der Waals surface area contributed by atoms with Crippen LogP contribution in [-0.4, -0.2) is 5.71 Å². The zero-order valence-corrected chi connectivity index (χ0v) is 27.7. The highest BCUT2D eigenvalue weighted by molar-refractivity contribution is 6.20. The van der Waals surface area contributed by atoms with Crippen LogP contribution in [0.25, 0.3) is 71.4 Å². The highest BCUT2D eigenvalue weighted by Gasteiger charge is 2.20. The van der Waals surface area contributed by atoms with Gasteiger partial charge in [0.05, 0.1) is 11.8 Å². The molecule has 3 nitrogen and oxygen atoms in total. The Hall–Kier alpha value is -6.45. The number of fused-ring (bicyclic) bond motifs is 6. The van der Waals surface area contributed by atoms with Crippen LogP contribution in [-0.2, 0) is 0 Å². The number of hydrogen-bond acceptors (Lipinski definition) is 3. The SMILES string of the molecule is CC(/N=C1/C=CC=C/C1=C(/N)c1ccccc1)c1cccc2oc3c4ccccc4c(-c4cccc(-c5ccc6ccccc6c5)c4)cc3c12. The van der Waals surface area contributed by atoms with Crippen LogP contribution >= 0.6 is 0 Å². The van der Waals surface area contributed by atoms with Crippen molar-refractivity contribution in [3.63, 3.8) is 0 Å². The average molecular weight is 643 g/mol. The van der Waals surface area contributed by atoms with Crippen LogP contribution in [0.1, 0.15) is 24.1 Å². The minimum Gasteiger partial charge on any atom is -0.455 e. The predicted molar refractivity (Wildman–Crippen MR) is 211 cm³/mol. The maximum atomic E-state index is 6.72. The lowest BCUT2D eigenvalue weighted by Gasteiger charge is -2.16. The third-order valence-electron chi connectivity index (χ3n) is 9.85. The van der Waals surface area contributed by atoms with Crippen LogP contribution in [0.15, 0.2) is 185 Å². The lowest BCUT2D eigenvalue weighted by molar-refractivity contribution is 0.672. The number of allylic oxidation sites excluding steroid dienone is 5. The van der Waals surface area contributed by atoms with E-state index in [0.717, 1.165) is 55.1 Å². The van der Waals surface area contributed by atoms with Gasteiger partial charge in [-0.15, -0.1) is 0 Å². The fourth-order valence-electron chi connectivity index (χ4n) is 7.36. The molecule has 7 aromatic carbocycles. The standard InChI is InChI=1S/C47H34N2O/c1-30(49-43-23-10-9-21-40(43)46(48)32-14-3-2-4-15-32)37-22-12-24-44-45(37)42-29-41(38-19-7-8-20-39(38)47(42)50-44)36-18-11-17-34(28-36)35-26-25-31-13-5-6-16-33(31)27-35/h2-30H,48H2,1H3/b46-40-,49-43-. The van der Waals surface area contributed by atoms with E-state index in [1.807, 2.05) is 54.6 Å². The molecular weight excluding hydrogens is 609 g/mol. The van der Waals surface area contributed by atoms with Gasteiger partial charge in [-0.2, -0.15) is 0 Å². The molecule has 0 bridgehead atoms. The molecule has 2 N–H and O–H groups in total. The molecule has 0 saturated heterocycles. The second-order valence-electron chi connectivity index (χ2n) is 12.9. The van der Waals surface area contributed by atoms with E-state index in [-0.39, 0.29) is 6.04 Å². The first-order valence-electron chi connectivity index (χ1n) is 17.1. The Balaban J connectivity index is 1.20. The summed E-state index contributed by atoms with van der Waals surface area (Å²) in [6.07, 6.45) is 8.13. The second-order valence-corrected chi connectivity index (χ2v) is 12.9. The van der Waals surface area contributed by atoms with Crippen LogP contribution in [0.5, 0.6) is 0 Å². The Bertz CT molecular complexity index is 2720. The third-order valence-corrected chi connectivity index (χ3v) is 9.85. The van der Waals surface area contributed by atoms with E-state index in [1.54, 1.807) is 0 Å². The molecule has 1 aliphatic rings. The lowest BCUT2D eigenvalue weighted by atomic mass is 9.92. The van der Waals surface area contributed by atoms with E-state index >= 15 is 0 Å². The molecule has 9 rings (SSSR count). The van der Waals surface area contributed by atoms with E-state index in [1.165, 1.54) is 33.0 Å². The van der Waals surface area contributed by atoms with E-state index in [4.69, 9.17) is 15.1 Å². The predicted octanol–water partition coefficient (Wildman–Crippen LogP) is 12.2. The summed E-state index contributed by atoms with van der Waals surface area (Å²) in [5.74, 6) is 0. The Morgan fingerprint density at radius 2 is 1.32 bits per heavy atom. The molecule has 0 aliphatic heterocycles. The van der Waals surface area contributed by atoms with Gasteiger partial charge in [0.1, 0.15) is 11.2 Å². The van der Waals surface area contributed by atoms with Crippen LogP contribution in [0.3, 0.4) is 0 Å². The van der Waals surface area contributed by atoms with Gasteiger partial charge in [-0.3, -0.25) is 4.99 Å². The molecule has 8 aromatic rings. The van der Waals surface area contributed by atoms with Crippen LogP contribution in [0, 0.1) is 0 Å². The quantitative estimate of drug-likeness (QED) is 0.203. The van der Waals surface area contributed by atoms with Gasteiger partial charge in [0.2, 0.25) is 0 Å². The maximum Gasteiger partial charge on any atom is 0.143 e. The Kier molecular flexibility index (Phi) is 7.25. The van der Waals surface area contributed by atoms with Crippen molar-refractivity contribution in [3.8, 4) is 22.3 Å². The Labute approximate surface area is 291 Å². The molecule has 1 unspecified atom stereocenters. The van der Waals surface area contributed by atoms with Gasteiger partial charge in [0.15, 0.2) is 0 Å². The molecule has 0 radical (unpaired) electrons. The van der Waals surface area contributed by atoms with Crippen molar-refractivity contribution in [2.24, 2.45) is 10.7 Å². The summed E-state index contributed by atoms with van der Waals surface area (Å²) in [5, 5.41) is 6.92. The summed E-state index contributed by atoms with van der Waals surface area (Å²) in [6, 6.07) is 51.2. The molecule has 0 amide bonds. The van der Waals surface area contributed by atoms with E-state index in [9.17, 15) is 0 Å². The minimum absolute atomic E-state index is 0.157. The molecule has 0 fully saturated rings. The summed E-state index contributed by atoms with van der Waals surface area (Å²) >= 11 is 0. The highest BCUT2D eigenvalue weighted by atomic mass is 16.3. The zero-order valence-electron chi connectivity index (χ0n) is 27.7. The van der Waals surface area contributed by atoms with Gasteiger partial charge in [-0.05, 0) is 86.8 Å². The second kappa shape index (κ2) is 12.2. The van der Waals surface area contributed by atoms with Crippen molar-refractivity contribution in [1.82, 2.24) is 0 Å². The Morgan fingerprint density at radius 3 is 2.20 bits per heavy atom. The van der Waals surface area contributed by atoms with E-state index < -0.39 is 0 Å². The summed E-state index contributed by atoms with van der Waals surface area (Å²) in [6.45, 7) is 2.15. The first-order chi connectivity index (χ1) is 24.6. The number of aliphatic imine (C=N–C) groups is 1. The normalized spacial score (nSPS) is 15.4. The maximum absolute atomic E-state index is 6.72. The third kappa shape index (κ3) is 5.12. The zero-order chi connectivity index (χ0) is 33.6. The summed E-state index contributed by atoms with van der Waals surface area (Å²) in [5.41, 5.74) is 17.8. The van der Waals surface area contributed by atoms with E-state index in [0.29, 0.717) is 5.70 Å². The number of hydrogen-bond donors (Lipinski definition) is 1. The Morgan fingerprint density at radius 1 is 0.600 bits per heavy atom. The highest BCUT2D eigenvalue weighted by Crippen LogP contribution is 2.43. The van der Waals surface area contributed by atoms with Gasteiger partial charge < -0.3 is 10.2 Å². The number of nitrogens with zero attached hydrogens (tertiary/aromatic N) is 1. The fraction of sp³-hybridized carbons (Fsp3) is 0.0426. The lowest BCUT2D eigenvalue weighted by Crippen LogP contribution is -2.10. The molecule has 1 atom stereocenters. The molecule has 0 spiro atoms. The molecule has 238 valence electrons. The topological polar surface area (TPSA) is 51.5 Å². The molecule has 1 heterocycles. The first kappa shape index (κ1) is 29.7. The average Bonchev–Trinajstić information content (AvgIpc) is 3.57. The van der Waals surface area contributed by atoms with E-state index in [2.05, 4.69) is 122 Å². The monoisotopic (exact) mass is 642 g/mol. The van der Waals surface area contributed by atoms with Gasteiger partial charge in [-0.25, -0.2) is 0 Å². The molecule has 3 heteroatoms. The van der Waals surface area contributed by atoms with Crippen molar-refractivity contribution in [1.29, 1.82) is 0 Å². The van der Waals surface area contributed by atoms with Crippen LogP contribution in [0.4, 0.5) is 0 Å². The molecule has 1 aliphatic carbocycles. The van der Waals surface area contributed by atoms with Crippen LogP contribution in [0.2, 0.25) is 0 Å². The number of rotatable bonds is 5. The van der Waals surface area contributed by atoms with Crippen molar-refractivity contribution in [3.05, 3.63) is 187 Å². The molecule has 0 saturated carbocycles. The smallest absolute Gasteiger partial charge is 0.143 e. The van der Waals surface area contributed by atoms with Crippen molar-refractivity contribution < 1.29 is 4.42 Å². The van der Waals surface area contributed by atoms with Gasteiger partial charge >= 0.3 is 0 Å². The van der Waals surface area contributed by atoms with Crippen LogP contribution < -0.4 is 5.73 Å². The van der Waals surface area contributed by atoms with Crippen molar-refractivity contribution in [2.75, 3.05) is 0 Å². The summed E-state index contributed by atoms with van der Waals surface area (Å²) in [4.78, 5) is 5.28. The van der Waals surface area contributed by atoms with Gasteiger partial charge in [0, 0.05) is 27.4 Å². The van der Waals surface area contributed by atoms with Crippen molar-refractivity contribution >= 4 is 54.9 Å². The number of nitrogens with two attached hydrogens (primary N) is 1. The molecule has 1 aromatic heterocycles. The van der Waals surface area contributed by atoms with Gasteiger partial charge in [-0.1, -0.05) is 140 Å². The fourth-order valence-corrected chi connectivity index (χ4v) is 7.36. The van der Waals surface area contributed by atoms with Gasteiger partial charge in [0.25, 0.3) is 0 Å². The largest absolute Gasteiger partial charge is 0.455 e. The minimum atomic E-state index is -0.157. The number of furan rings is 1. The van der Waals surface area contributed by atoms with Crippen molar-refractivity contribution in [2.45, 2.75) is 13.0 Å².